The predicted octanol–water partition coefficient (Wildman–Crippen LogP) is 2.74. The standard InChI is InChI=1S/C16H26N2O2S.ClH/c1-4-17-12-15-7-9-18(10-8-15)21(19,20)16-11-13(2)5-6-14(16)3;/h5-6,11,15,17H,4,7-10,12H2,1-3H3;1H. The number of nitrogens with zero attached hydrogens (tertiary/aromatic N) is 1. The average molecular weight is 347 g/mol. The van der Waals surface area contributed by atoms with Crippen LogP contribution in [0.4, 0.5) is 0 Å². The maximum atomic E-state index is 12.8. The SMILES string of the molecule is CCNCC1CCN(S(=O)(=O)c2cc(C)ccc2C)CC1.Cl. The van der Waals surface area contributed by atoms with E-state index in [2.05, 4.69) is 12.2 Å². The minimum Gasteiger partial charge on any atom is -0.317 e. The molecule has 1 aliphatic rings. The van der Waals surface area contributed by atoms with Gasteiger partial charge in [-0.05, 0) is 62.9 Å². The Morgan fingerprint density at radius 1 is 1.23 bits per heavy atom. The number of hydrogen-bond donors (Lipinski definition) is 1. The van der Waals surface area contributed by atoms with Crippen molar-refractivity contribution in [2.75, 3.05) is 26.2 Å². The highest BCUT2D eigenvalue weighted by atomic mass is 35.5. The Labute approximate surface area is 140 Å². The first-order chi connectivity index (χ1) is 9.95. The number of sulfonamides is 1. The van der Waals surface area contributed by atoms with E-state index >= 15 is 0 Å². The molecular formula is C16H27ClN2O2S. The van der Waals surface area contributed by atoms with Gasteiger partial charge in [0.2, 0.25) is 10.0 Å². The molecule has 1 heterocycles. The molecule has 0 unspecified atom stereocenters. The van der Waals surface area contributed by atoms with E-state index in [1.54, 1.807) is 10.4 Å². The van der Waals surface area contributed by atoms with E-state index in [0.717, 1.165) is 37.1 Å². The number of nitrogens with one attached hydrogen (secondary N) is 1. The molecule has 126 valence electrons. The van der Waals surface area contributed by atoms with E-state index in [1.807, 2.05) is 26.0 Å². The van der Waals surface area contributed by atoms with Crippen LogP contribution in [0.25, 0.3) is 0 Å². The minimum absolute atomic E-state index is 0. The van der Waals surface area contributed by atoms with E-state index in [1.165, 1.54) is 0 Å². The fourth-order valence-corrected chi connectivity index (χ4v) is 4.61. The molecule has 4 nitrogen and oxygen atoms in total. The van der Waals surface area contributed by atoms with Crippen LogP contribution in [0.3, 0.4) is 0 Å². The number of halogens is 1. The molecule has 6 heteroatoms. The molecule has 1 saturated heterocycles. The molecule has 0 bridgehead atoms. The van der Waals surface area contributed by atoms with Crippen molar-refractivity contribution in [1.29, 1.82) is 0 Å². The second-order valence-electron chi connectivity index (χ2n) is 5.92. The third-order valence-corrected chi connectivity index (χ3v) is 6.26. The van der Waals surface area contributed by atoms with Gasteiger partial charge in [0.1, 0.15) is 0 Å². The van der Waals surface area contributed by atoms with Crippen molar-refractivity contribution in [3.8, 4) is 0 Å². The molecule has 0 amide bonds. The second kappa shape index (κ2) is 8.29. The summed E-state index contributed by atoms with van der Waals surface area (Å²) in [6.07, 6.45) is 1.88. The fourth-order valence-electron chi connectivity index (χ4n) is 2.83. The van der Waals surface area contributed by atoms with E-state index in [-0.39, 0.29) is 12.4 Å². The summed E-state index contributed by atoms with van der Waals surface area (Å²) in [5.74, 6) is 0.593. The molecule has 0 saturated carbocycles. The molecular weight excluding hydrogens is 320 g/mol. The Hall–Kier alpha value is -0.620. The van der Waals surface area contributed by atoms with Gasteiger partial charge in [-0.1, -0.05) is 19.1 Å². The van der Waals surface area contributed by atoms with Gasteiger partial charge < -0.3 is 5.32 Å². The van der Waals surface area contributed by atoms with Crippen LogP contribution >= 0.6 is 12.4 Å². The molecule has 1 aromatic carbocycles. The molecule has 0 radical (unpaired) electrons. The third kappa shape index (κ3) is 4.44. The summed E-state index contributed by atoms with van der Waals surface area (Å²) in [6.45, 7) is 9.12. The topological polar surface area (TPSA) is 49.4 Å². The summed E-state index contributed by atoms with van der Waals surface area (Å²) >= 11 is 0. The molecule has 1 aromatic rings. The lowest BCUT2D eigenvalue weighted by Crippen LogP contribution is -2.40. The molecule has 0 aliphatic carbocycles. The minimum atomic E-state index is -3.35. The maximum absolute atomic E-state index is 12.8. The van der Waals surface area contributed by atoms with Crippen molar-refractivity contribution in [2.45, 2.75) is 38.5 Å². The van der Waals surface area contributed by atoms with Gasteiger partial charge >= 0.3 is 0 Å². The molecule has 1 N–H and O–H groups in total. The third-order valence-electron chi connectivity index (χ3n) is 4.22. The molecule has 0 spiro atoms. The van der Waals surface area contributed by atoms with Crippen molar-refractivity contribution >= 4 is 22.4 Å². The first-order valence-electron chi connectivity index (χ1n) is 7.73. The predicted molar refractivity (Wildman–Crippen MR) is 93.2 cm³/mol. The molecule has 1 aliphatic heterocycles. The smallest absolute Gasteiger partial charge is 0.243 e. The van der Waals surface area contributed by atoms with Crippen LogP contribution in [0.1, 0.15) is 30.9 Å². The van der Waals surface area contributed by atoms with Crippen molar-refractivity contribution in [2.24, 2.45) is 5.92 Å². The first kappa shape index (κ1) is 19.4. The van der Waals surface area contributed by atoms with Crippen LogP contribution in [0.15, 0.2) is 23.1 Å². The van der Waals surface area contributed by atoms with Gasteiger partial charge in [-0.2, -0.15) is 4.31 Å². The van der Waals surface area contributed by atoms with Gasteiger partial charge in [0.25, 0.3) is 0 Å². The summed E-state index contributed by atoms with van der Waals surface area (Å²) in [4.78, 5) is 0.465. The summed E-state index contributed by atoms with van der Waals surface area (Å²) in [7, 11) is -3.35. The van der Waals surface area contributed by atoms with Crippen molar-refractivity contribution in [3.05, 3.63) is 29.3 Å². The lowest BCUT2D eigenvalue weighted by molar-refractivity contribution is 0.268. The van der Waals surface area contributed by atoms with Gasteiger partial charge in [0.15, 0.2) is 0 Å². The van der Waals surface area contributed by atoms with Gasteiger partial charge in [-0.3, -0.25) is 0 Å². The molecule has 0 aromatic heterocycles. The highest BCUT2D eigenvalue weighted by Crippen LogP contribution is 2.26. The number of hydrogen-bond acceptors (Lipinski definition) is 3. The number of aryl methyl sites for hydroxylation is 2. The Balaban J connectivity index is 0.00000242. The Morgan fingerprint density at radius 2 is 1.86 bits per heavy atom. The zero-order chi connectivity index (χ0) is 15.5. The molecule has 2 rings (SSSR count). The number of piperidine rings is 1. The van der Waals surface area contributed by atoms with E-state index < -0.39 is 10.0 Å². The monoisotopic (exact) mass is 346 g/mol. The highest BCUT2D eigenvalue weighted by molar-refractivity contribution is 7.89. The second-order valence-corrected chi connectivity index (χ2v) is 7.83. The Bertz CT molecular complexity index is 582. The number of benzene rings is 1. The van der Waals surface area contributed by atoms with E-state index in [0.29, 0.717) is 23.9 Å². The van der Waals surface area contributed by atoms with Crippen LogP contribution in [-0.2, 0) is 10.0 Å². The fraction of sp³-hybridized carbons (Fsp3) is 0.625. The molecule has 22 heavy (non-hydrogen) atoms. The van der Waals surface area contributed by atoms with Crippen LogP contribution in [0, 0.1) is 19.8 Å². The zero-order valence-electron chi connectivity index (χ0n) is 13.6. The van der Waals surface area contributed by atoms with E-state index in [9.17, 15) is 8.42 Å². The number of rotatable bonds is 5. The largest absolute Gasteiger partial charge is 0.317 e. The lowest BCUT2D eigenvalue weighted by atomic mass is 9.98. The Morgan fingerprint density at radius 3 is 2.45 bits per heavy atom. The quantitative estimate of drug-likeness (QED) is 0.891. The summed E-state index contributed by atoms with van der Waals surface area (Å²) in [5.41, 5.74) is 1.82. The summed E-state index contributed by atoms with van der Waals surface area (Å²) in [6, 6.07) is 5.63. The molecule has 1 fully saturated rings. The zero-order valence-corrected chi connectivity index (χ0v) is 15.3. The van der Waals surface area contributed by atoms with Gasteiger partial charge in [0.05, 0.1) is 4.90 Å². The van der Waals surface area contributed by atoms with Crippen LogP contribution in [0.5, 0.6) is 0 Å². The summed E-state index contributed by atoms with van der Waals surface area (Å²) in [5, 5.41) is 3.35. The van der Waals surface area contributed by atoms with E-state index in [4.69, 9.17) is 0 Å². The first-order valence-corrected chi connectivity index (χ1v) is 9.17. The van der Waals surface area contributed by atoms with Crippen molar-refractivity contribution in [1.82, 2.24) is 9.62 Å². The Kier molecular flexibility index (Phi) is 7.32. The van der Waals surface area contributed by atoms with Crippen molar-refractivity contribution < 1.29 is 8.42 Å². The average Bonchev–Trinajstić information content (AvgIpc) is 2.48. The van der Waals surface area contributed by atoms with Gasteiger partial charge in [-0.15, -0.1) is 12.4 Å². The summed E-state index contributed by atoms with van der Waals surface area (Å²) < 4.78 is 27.2. The van der Waals surface area contributed by atoms with Gasteiger partial charge in [0, 0.05) is 13.1 Å². The highest BCUT2D eigenvalue weighted by Gasteiger charge is 2.30. The molecule has 0 atom stereocenters. The maximum Gasteiger partial charge on any atom is 0.243 e. The normalized spacial score (nSPS) is 17.2. The van der Waals surface area contributed by atoms with Crippen LogP contribution in [0.2, 0.25) is 0 Å². The van der Waals surface area contributed by atoms with Crippen LogP contribution < -0.4 is 5.32 Å². The van der Waals surface area contributed by atoms with Crippen LogP contribution in [-0.4, -0.2) is 38.9 Å². The van der Waals surface area contributed by atoms with Crippen molar-refractivity contribution in [3.63, 3.8) is 0 Å². The lowest BCUT2D eigenvalue weighted by Gasteiger charge is -2.31. The van der Waals surface area contributed by atoms with Gasteiger partial charge in [-0.25, -0.2) is 8.42 Å².